The smallest absolute Gasteiger partial charge is 0.269 e. The van der Waals surface area contributed by atoms with Gasteiger partial charge in [0.15, 0.2) is 5.69 Å². The highest BCUT2D eigenvalue weighted by Crippen LogP contribution is 2.21. The molecule has 0 fully saturated rings. The van der Waals surface area contributed by atoms with Gasteiger partial charge >= 0.3 is 0 Å². The third-order valence-electron chi connectivity index (χ3n) is 3.94. The van der Waals surface area contributed by atoms with Gasteiger partial charge in [-0.1, -0.05) is 38.1 Å². The van der Waals surface area contributed by atoms with E-state index in [-0.39, 0.29) is 5.69 Å². The maximum absolute atomic E-state index is 11.4. The van der Waals surface area contributed by atoms with Crippen molar-refractivity contribution in [2.24, 2.45) is 5.73 Å². The number of hydrogen-bond acceptors (Lipinski definition) is 3. The van der Waals surface area contributed by atoms with Gasteiger partial charge in [0.05, 0.1) is 5.52 Å². The van der Waals surface area contributed by atoms with E-state index >= 15 is 0 Å². The molecular weight excluding hydrogens is 288 g/mol. The minimum absolute atomic E-state index is 0.268. The highest BCUT2D eigenvalue weighted by atomic mass is 16.1. The number of benzene rings is 2. The predicted molar refractivity (Wildman–Crippen MR) is 92.5 cm³/mol. The summed E-state index contributed by atoms with van der Waals surface area (Å²) in [7, 11) is 0. The molecule has 23 heavy (non-hydrogen) atoms. The average molecular weight is 308 g/mol. The zero-order valence-electron chi connectivity index (χ0n) is 13.3. The molecule has 1 amide bonds. The van der Waals surface area contributed by atoms with E-state index < -0.39 is 5.91 Å². The van der Waals surface area contributed by atoms with Crippen molar-refractivity contribution < 1.29 is 4.79 Å². The van der Waals surface area contributed by atoms with Crippen LogP contribution in [0, 0.1) is 0 Å². The second-order valence-corrected chi connectivity index (χ2v) is 5.95. The number of hydrogen-bond donors (Lipinski definition) is 3. The van der Waals surface area contributed by atoms with Crippen LogP contribution in [-0.4, -0.2) is 16.1 Å². The van der Waals surface area contributed by atoms with Crippen LogP contribution < -0.4 is 11.1 Å². The first-order chi connectivity index (χ1) is 11.0. The number of primary amides is 1. The van der Waals surface area contributed by atoms with Gasteiger partial charge in [-0.25, -0.2) is 0 Å². The Kier molecular flexibility index (Phi) is 4.02. The number of amides is 1. The van der Waals surface area contributed by atoms with Crippen molar-refractivity contribution in [3.8, 4) is 0 Å². The van der Waals surface area contributed by atoms with Crippen LogP contribution in [-0.2, 0) is 6.54 Å². The third-order valence-corrected chi connectivity index (χ3v) is 3.94. The van der Waals surface area contributed by atoms with Crippen molar-refractivity contribution >= 4 is 22.5 Å². The predicted octanol–water partition coefficient (Wildman–Crippen LogP) is 3.40. The zero-order valence-corrected chi connectivity index (χ0v) is 13.3. The Hall–Kier alpha value is -2.82. The monoisotopic (exact) mass is 308 g/mol. The fraction of sp³-hybridized carbons (Fsp3) is 0.222. The molecule has 0 bridgehead atoms. The number of nitrogens with zero attached hydrogens (tertiary/aromatic N) is 1. The lowest BCUT2D eigenvalue weighted by molar-refractivity contribution is 0.0997. The molecular formula is C18H20N4O. The van der Waals surface area contributed by atoms with E-state index in [1.807, 2.05) is 18.2 Å². The quantitative estimate of drug-likeness (QED) is 0.675. The second-order valence-electron chi connectivity index (χ2n) is 5.95. The van der Waals surface area contributed by atoms with Crippen LogP contribution in [0.2, 0.25) is 0 Å². The lowest BCUT2D eigenvalue weighted by atomic mass is 10.0. The lowest BCUT2D eigenvalue weighted by Gasteiger charge is -2.09. The Bertz CT molecular complexity index is 834. The van der Waals surface area contributed by atoms with Gasteiger partial charge in [-0.05, 0) is 35.2 Å². The van der Waals surface area contributed by atoms with Crippen molar-refractivity contribution in [1.29, 1.82) is 0 Å². The Morgan fingerprint density at radius 3 is 2.61 bits per heavy atom. The number of anilines is 1. The molecule has 3 rings (SSSR count). The average Bonchev–Trinajstić information content (AvgIpc) is 2.96. The Morgan fingerprint density at radius 2 is 1.96 bits per heavy atom. The summed E-state index contributed by atoms with van der Waals surface area (Å²) in [6.07, 6.45) is 0. The van der Waals surface area contributed by atoms with Gasteiger partial charge in [0.25, 0.3) is 5.91 Å². The molecule has 1 heterocycles. The van der Waals surface area contributed by atoms with Crippen LogP contribution >= 0.6 is 0 Å². The number of aromatic amines is 1. The summed E-state index contributed by atoms with van der Waals surface area (Å²) in [6, 6.07) is 14.3. The molecule has 0 saturated carbocycles. The number of carbonyl (C=O) groups excluding carboxylic acids is 1. The van der Waals surface area contributed by atoms with Crippen molar-refractivity contribution in [2.45, 2.75) is 26.3 Å². The zero-order chi connectivity index (χ0) is 16.4. The number of rotatable bonds is 5. The summed E-state index contributed by atoms with van der Waals surface area (Å²) in [6.45, 7) is 5.08. The first-order valence-corrected chi connectivity index (χ1v) is 7.65. The molecule has 5 heteroatoms. The minimum atomic E-state index is -0.530. The van der Waals surface area contributed by atoms with E-state index in [1.54, 1.807) is 0 Å². The number of nitrogens with two attached hydrogens (primary N) is 1. The van der Waals surface area contributed by atoms with E-state index in [0.29, 0.717) is 12.5 Å². The number of H-pyrrole nitrogens is 1. The van der Waals surface area contributed by atoms with Crippen molar-refractivity contribution in [2.75, 3.05) is 5.32 Å². The van der Waals surface area contributed by atoms with Gasteiger partial charge in [0.1, 0.15) is 0 Å². The maximum atomic E-state index is 11.4. The molecule has 4 N–H and O–H groups in total. The van der Waals surface area contributed by atoms with Crippen LogP contribution in [0.3, 0.4) is 0 Å². The summed E-state index contributed by atoms with van der Waals surface area (Å²) in [4.78, 5) is 11.4. The first-order valence-electron chi connectivity index (χ1n) is 7.65. The van der Waals surface area contributed by atoms with Gasteiger partial charge in [0, 0.05) is 17.6 Å². The second kappa shape index (κ2) is 6.12. The van der Waals surface area contributed by atoms with Gasteiger partial charge in [0.2, 0.25) is 0 Å². The lowest BCUT2D eigenvalue weighted by Crippen LogP contribution is -2.11. The highest BCUT2D eigenvalue weighted by molar-refractivity contribution is 6.04. The summed E-state index contributed by atoms with van der Waals surface area (Å²) in [5, 5.41) is 10.9. The Labute approximate surface area is 134 Å². The topological polar surface area (TPSA) is 83.8 Å². The molecule has 0 aliphatic heterocycles. The van der Waals surface area contributed by atoms with Gasteiger partial charge in [-0.3, -0.25) is 9.89 Å². The highest BCUT2D eigenvalue weighted by Gasteiger charge is 2.11. The van der Waals surface area contributed by atoms with E-state index in [2.05, 4.69) is 53.6 Å². The summed E-state index contributed by atoms with van der Waals surface area (Å²) in [5.74, 6) is 0.00500. The fourth-order valence-electron chi connectivity index (χ4n) is 2.54. The molecule has 5 nitrogen and oxygen atoms in total. The van der Waals surface area contributed by atoms with Crippen LogP contribution in [0.25, 0.3) is 10.9 Å². The standard InChI is InChI=1S/C18H20N4O/c1-11(2)13-5-3-12(4-6-13)10-20-14-7-8-16-15(9-14)17(18(19)23)22-21-16/h3-9,11,20H,10H2,1-2H3,(H2,19,23)(H,21,22). The van der Waals surface area contributed by atoms with E-state index in [4.69, 9.17) is 5.73 Å². The van der Waals surface area contributed by atoms with Crippen LogP contribution in [0.5, 0.6) is 0 Å². The largest absolute Gasteiger partial charge is 0.381 e. The Balaban J connectivity index is 1.76. The number of nitrogens with one attached hydrogen (secondary N) is 2. The molecule has 2 aromatic carbocycles. The summed E-state index contributed by atoms with van der Waals surface area (Å²) >= 11 is 0. The molecule has 0 atom stereocenters. The van der Waals surface area contributed by atoms with E-state index in [1.165, 1.54) is 11.1 Å². The van der Waals surface area contributed by atoms with Gasteiger partial charge < -0.3 is 11.1 Å². The molecule has 1 aromatic heterocycles. The molecule has 0 aliphatic carbocycles. The van der Waals surface area contributed by atoms with Crippen molar-refractivity contribution in [1.82, 2.24) is 10.2 Å². The molecule has 0 unspecified atom stereocenters. The third kappa shape index (κ3) is 3.18. The van der Waals surface area contributed by atoms with Crippen molar-refractivity contribution in [3.05, 3.63) is 59.3 Å². The maximum Gasteiger partial charge on any atom is 0.269 e. The van der Waals surface area contributed by atoms with Gasteiger partial charge in [-0.2, -0.15) is 5.10 Å². The summed E-state index contributed by atoms with van der Waals surface area (Å²) < 4.78 is 0. The van der Waals surface area contributed by atoms with Crippen LogP contribution in [0.15, 0.2) is 42.5 Å². The normalized spacial score (nSPS) is 11.1. The molecule has 0 radical (unpaired) electrons. The summed E-state index contributed by atoms with van der Waals surface area (Å²) in [5.41, 5.74) is 9.87. The van der Waals surface area contributed by atoms with Crippen LogP contribution in [0.4, 0.5) is 5.69 Å². The molecule has 0 saturated heterocycles. The minimum Gasteiger partial charge on any atom is -0.381 e. The fourth-order valence-corrected chi connectivity index (χ4v) is 2.54. The molecule has 3 aromatic rings. The number of fused-ring (bicyclic) bond motifs is 1. The number of carbonyl (C=O) groups is 1. The first kappa shape index (κ1) is 15.1. The molecule has 0 spiro atoms. The number of aromatic nitrogens is 2. The molecule has 118 valence electrons. The van der Waals surface area contributed by atoms with Crippen LogP contribution in [0.1, 0.15) is 41.4 Å². The molecule has 0 aliphatic rings. The van der Waals surface area contributed by atoms with Crippen molar-refractivity contribution in [3.63, 3.8) is 0 Å². The Morgan fingerprint density at radius 1 is 1.22 bits per heavy atom. The SMILES string of the molecule is CC(C)c1ccc(CNc2ccc3[nH]nc(C(N)=O)c3c2)cc1. The van der Waals surface area contributed by atoms with E-state index in [0.717, 1.165) is 16.6 Å². The van der Waals surface area contributed by atoms with E-state index in [9.17, 15) is 4.79 Å². The van der Waals surface area contributed by atoms with Gasteiger partial charge in [-0.15, -0.1) is 0 Å².